The zero-order chi connectivity index (χ0) is 33.2. The molecular formula is C32H32ClN7O7. The van der Waals surface area contributed by atoms with E-state index >= 15 is 0 Å². The number of amides is 2. The number of halogens is 1. The molecule has 0 unspecified atom stereocenters. The van der Waals surface area contributed by atoms with Crippen LogP contribution in [0, 0.1) is 0 Å². The van der Waals surface area contributed by atoms with E-state index in [0.29, 0.717) is 83.1 Å². The molecular weight excluding hydrogens is 630 g/mol. The Morgan fingerprint density at radius 1 is 1.11 bits per heavy atom. The normalized spacial score (nSPS) is 20.4. The predicted molar refractivity (Wildman–Crippen MR) is 172 cm³/mol. The number of hydrogen-bond donors (Lipinski definition) is 2. The second-order valence-electron chi connectivity index (χ2n) is 12.6. The lowest BCUT2D eigenvalue weighted by Gasteiger charge is -2.28. The molecule has 2 aromatic carbocycles. The molecule has 1 spiro atoms. The molecule has 0 bridgehead atoms. The fourth-order valence-corrected chi connectivity index (χ4v) is 6.71. The summed E-state index contributed by atoms with van der Waals surface area (Å²) < 4.78 is 17.7. The lowest BCUT2D eigenvalue weighted by Crippen LogP contribution is -2.37. The minimum absolute atomic E-state index is 0.294. The monoisotopic (exact) mass is 661 g/mol. The quantitative estimate of drug-likeness (QED) is 0.284. The van der Waals surface area contributed by atoms with Gasteiger partial charge in [-0.05, 0) is 68.7 Å². The van der Waals surface area contributed by atoms with Crippen LogP contribution in [0.4, 0.5) is 32.7 Å². The van der Waals surface area contributed by atoms with Crippen molar-refractivity contribution in [3.05, 3.63) is 58.9 Å². The van der Waals surface area contributed by atoms with E-state index in [2.05, 4.69) is 20.4 Å². The number of methoxy groups -OCH3 is 1. The highest BCUT2D eigenvalue weighted by atomic mass is 35.5. The van der Waals surface area contributed by atoms with Crippen LogP contribution in [0.15, 0.2) is 42.7 Å². The third-order valence-corrected chi connectivity index (χ3v) is 9.00. The SMILES string of the molecule is COc1ccc2c(c1)[C@]1(C[C@H]1c1ccc3c(Nc4ncnc(N5CCOCC5)c4Cl)nn(C(=O)OC(C)(C)C)c3c1)C(=O)N2C(=O)O. The van der Waals surface area contributed by atoms with Gasteiger partial charge in [0.25, 0.3) is 0 Å². The number of carbonyl (C=O) groups excluding carboxylic acids is 2. The number of hydrogen-bond acceptors (Lipinski definition) is 11. The van der Waals surface area contributed by atoms with Crippen LogP contribution < -0.4 is 19.9 Å². The topological polar surface area (TPSA) is 161 Å². The van der Waals surface area contributed by atoms with Crippen molar-refractivity contribution in [1.82, 2.24) is 19.7 Å². The Morgan fingerprint density at radius 2 is 1.87 bits per heavy atom. The highest BCUT2D eigenvalue weighted by Gasteiger charge is 2.68. The summed E-state index contributed by atoms with van der Waals surface area (Å²) in [5.41, 5.74) is 0.174. The van der Waals surface area contributed by atoms with E-state index in [1.807, 2.05) is 11.0 Å². The van der Waals surface area contributed by atoms with Gasteiger partial charge in [0.05, 0.1) is 36.9 Å². The Hall–Kier alpha value is -4.95. The van der Waals surface area contributed by atoms with E-state index in [0.717, 1.165) is 15.1 Å². The maximum Gasteiger partial charge on any atom is 0.435 e. The number of carbonyl (C=O) groups is 3. The van der Waals surface area contributed by atoms with Crippen LogP contribution in [0.3, 0.4) is 0 Å². The molecule has 2 atom stereocenters. The van der Waals surface area contributed by atoms with Crippen LogP contribution in [-0.2, 0) is 19.7 Å². The highest BCUT2D eigenvalue weighted by Crippen LogP contribution is 2.67. The summed E-state index contributed by atoms with van der Waals surface area (Å²) in [7, 11) is 1.51. The smallest absolute Gasteiger partial charge is 0.435 e. The van der Waals surface area contributed by atoms with E-state index in [4.69, 9.17) is 25.8 Å². The molecule has 15 heteroatoms. The molecule has 4 aromatic rings. The van der Waals surface area contributed by atoms with Crippen molar-refractivity contribution in [3.63, 3.8) is 0 Å². The first-order chi connectivity index (χ1) is 22.4. The molecule has 244 valence electrons. The molecule has 7 rings (SSSR count). The third-order valence-electron chi connectivity index (χ3n) is 8.65. The van der Waals surface area contributed by atoms with Gasteiger partial charge < -0.3 is 29.5 Å². The number of morpholine rings is 1. The molecule has 2 amide bonds. The molecule has 4 heterocycles. The summed E-state index contributed by atoms with van der Waals surface area (Å²) in [4.78, 5) is 50.9. The van der Waals surface area contributed by atoms with E-state index in [1.54, 1.807) is 51.1 Å². The lowest BCUT2D eigenvalue weighted by molar-refractivity contribution is -0.119. The van der Waals surface area contributed by atoms with Gasteiger partial charge in [0.15, 0.2) is 17.5 Å². The van der Waals surface area contributed by atoms with E-state index in [-0.39, 0.29) is 5.92 Å². The minimum Gasteiger partial charge on any atom is -0.497 e. The Balaban J connectivity index is 1.29. The van der Waals surface area contributed by atoms with Gasteiger partial charge in [-0.3, -0.25) is 4.79 Å². The van der Waals surface area contributed by atoms with Crippen molar-refractivity contribution in [1.29, 1.82) is 0 Å². The van der Waals surface area contributed by atoms with Gasteiger partial charge in [0.1, 0.15) is 22.7 Å². The Morgan fingerprint density at radius 3 is 2.57 bits per heavy atom. The first-order valence-electron chi connectivity index (χ1n) is 15.0. The van der Waals surface area contributed by atoms with Crippen LogP contribution in [0.1, 0.15) is 44.2 Å². The van der Waals surface area contributed by atoms with Gasteiger partial charge in [-0.15, -0.1) is 5.10 Å². The summed E-state index contributed by atoms with van der Waals surface area (Å²) in [6, 6.07) is 10.4. The first kappa shape index (κ1) is 30.7. The Bertz CT molecular complexity index is 1950. The van der Waals surface area contributed by atoms with Gasteiger partial charge in [0.2, 0.25) is 5.91 Å². The number of benzene rings is 2. The van der Waals surface area contributed by atoms with Crippen molar-refractivity contribution >= 4 is 63.7 Å². The lowest BCUT2D eigenvalue weighted by atomic mass is 9.91. The summed E-state index contributed by atoms with van der Waals surface area (Å²) in [6.45, 7) is 7.64. The van der Waals surface area contributed by atoms with Gasteiger partial charge in [-0.1, -0.05) is 17.7 Å². The van der Waals surface area contributed by atoms with Crippen molar-refractivity contribution in [3.8, 4) is 5.75 Å². The number of nitrogens with one attached hydrogen (secondary N) is 1. The fraction of sp³-hybridized carbons (Fsp3) is 0.375. The minimum atomic E-state index is -1.35. The number of ether oxygens (including phenoxy) is 3. The van der Waals surface area contributed by atoms with E-state index < -0.39 is 29.1 Å². The molecule has 2 N–H and O–H groups in total. The molecule has 1 aliphatic carbocycles. The molecule has 3 aliphatic rings. The van der Waals surface area contributed by atoms with Crippen molar-refractivity contribution in [2.75, 3.05) is 48.5 Å². The number of imide groups is 1. The second kappa shape index (κ2) is 11.1. The van der Waals surface area contributed by atoms with Crippen molar-refractivity contribution in [2.24, 2.45) is 0 Å². The van der Waals surface area contributed by atoms with Crippen LogP contribution in [0.2, 0.25) is 5.02 Å². The summed E-state index contributed by atoms with van der Waals surface area (Å²) in [5, 5.41) is 18.5. The maximum absolute atomic E-state index is 13.7. The third kappa shape index (κ3) is 5.08. The van der Waals surface area contributed by atoms with Crippen LogP contribution in [-0.4, -0.2) is 82.0 Å². The predicted octanol–water partition coefficient (Wildman–Crippen LogP) is 5.30. The number of fused-ring (bicyclic) bond motifs is 3. The number of rotatable bonds is 5. The zero-order valence-electron chi connectivity index (χ0n) is 26.1. The van der Waals surface area contributed by atoms with Gasteiger partial charge in [-0.2, -0.15) is 4.68 Å². The molecule has 14 nitrogen and oxygen atoms in total. The Kier molecular flexibility index (Phi) is 7.24. The molecule has 1 saturated heterocycles. The van der Waals surface area contributed by atoms with Gasteiger partial charge >= 0.3 is 12.2 Å². The standard InChI is InChI=1S/C32H32ClN7O7/c1-31(2,3)47-30(44)40-23-13-17(21-15-32(21)20-14-18(45-4)6-8-22(20)39(28(32)41)29(42)43)5-7-19(23)25(37-40)36-26-24(33)27(35-16-34-26)38-9-11-46-12-10-38/h5-8,13-14,16,21H,9-12,15H2,1-4H3,(H,42,43)(H,34,35,36,37)/t21-,32-/m0/s1. The highest BCUT2D eigenvalue weighted by molar-refractivity contribution is 6.35. The molecule has 0 radical (unpaired) electrons. The maximum atomic E-state index is 13.7. The van der Waals surface area contributed by atoms with Gasteiger partial charge in [0, 0.05) is 24.4 Å². The summed E-state index contributed by atoms with van der Waals surface area (Å²) in [6.07, 6.45) is -0.264. The number of nitrogens with zero attached hydrogens (tertiary/aromatic N) is 6. The Labute approximate surface area is 274 Å². The first-order valence-corrected chi connectivity index (χ1v) is 15.4. The molecule has 47 heavy (non-hydrogen) atoms. The number of aromatic nitrogens is 4. The van der Waals surface area contributed by atoms with Crippen LogP contribution in [0.25, 0.3) is 10.9 Å². The molecule has 1 saturated carbocycles. The average molecular weight is 662 g/mol. The van der Waals surface area contributed by atoms with Gasteiger partial charge in [-0.25, -0.2) is 24.5 Å². The van der Waals surface area contributed by atoms with E-state index in [1.165, 1.54) is 13.4 Å². The summed E-state index contributed by atoms with van der Waals surface area (Å²) >= 11 is 6.77. The molecule has 2 aromatic heterocycles. The zero-order valence-corrected chi connectivity index (χ0v) is 26.9. The van der Waals surface area contributed by atoms with Crippen LogP contribution >= 0.6 is 11.6 Å². The van der Waals surface area contributed by atoms with Crippen LogP contribution in [0.5, 0.6) is 5.75 Å². The van der Waals surface area contributed by atoms with E-state index in [9.17, 15) is 19.5 Å². The largest absolute Gasteiger partial charge is 0.497 e. The fourth-order valence-electron chi connectivity index (χ4n) is 6.45. The average Bonchev–Trinajstić information content (AvgIpc) is 3.62. The second-order valence-corrected chi connectivity index (χ2v) is 13.0. The molecule has 2 aliphatic heterocycles. The molecule has 2 fully saturated rings. The van der Waals surface area contributed by atoms with Crippen molar-refractivity contribution in [2.45, 2.75) is 44.1 Å². The number of carboxylic acid groups (broad SMARTS) is 1. The van der Waals surface area contributed by atoms with Crippen molar-refractivity contribution < 1.29 is 33.7 Å². The number of anilines is 4. The summed E-state index contributed by atoms with van der Waals surface area (Å²) in [5.74, 6) is 0.804.